The number of imidazole rings is 1. The zero-order valence-corrected chi connectivity index (χ0v) is 19.2. The van der Waals surface area contributed by atoms with Crippen LogP contribution in [0.15, 0.2) is 61.2 Å². The van der Waals surface area contributed by atoms with Crippen molar-refractivity contribution in [2.75, 3.05) is 13.1 Å². The summed E-state index contributed by atoms with van der Waals surface area (Å²) in [4.78, 5) is 23.3. The summed E-state index contributed by atoms with van der Waals surface area (Å²) in [6.07, 6.45) is 7.31. The Balaban J connectivity index is 1.27. The number of aromatic nitrogens is 3. The summed E-state index contributed by atoms with van der Waals surface area (Å²) in [5.74, 6) is 0.232. The third-order valence-electron chi connectivity index (χ3n) is 7.19. The molecule has 0 bridgehead atoms. The van der Waals surface area contributed by atoms with E-state index in [9.17, 15) is 9.90 Å². The van der Waals surface area contributed by atoms with Gasteiger partial charge in [-0.25, -0.2) is 4.98 Å². The quantitative estimate of drug-likeness (QED) is 0.637. The van der Waals surface area contributed by atoms with E-state index in [2.05, 4.69) is 45.7 Å². The van der Waals surface area contributed by atoms with Crippen molar-refractivity contribution in [2.45, 2.75) is 45.3 Å². The second-order valence-electron chi connectivity index (χ2n) is 9.23. The van der Waals surface area contributed by atoms with Crippen molar-refractivity contribution in [3.05, 3.63) is 83.7 Å². The van der Waals surface area contributed by atoms with Gasteiger partial charge in [0.2, 0.25) is 0 Å². The number of amides is 1. The molecular formula is C27H30N4O2. The SMILES string of the molecule is CC1=C(c2ccccc2)C(CC(O)C2CCN(C(=O)c3ccnc(C)c3)CC2)n2cncc21. The fourth-order valence-corrected chi connectivity index (χ4v) is 5.40. The molecule has 1 aromatic carbocycles. The molecule has 1 N–H and O–H groups in total. The van der Waals surface area contributed by atoms with Gasteiger partial charge in [0.25, 0.3) is 5.91 Å². The zero-order valence-electron chi connectivity index (χ0n) is 19.2. The minimum Gasteiger partial charge on any atom is -0.393 e. The fraction of sp³-hybridized carbons (Fsp3) is 0.370. The maximum Gasteiger partial charge on any atom is 0.253 e. The predicted molar refractivity (Wildman–Crippen MR) is 128 cm³/mol. The van der Waals surface area contributed by atoms with Gasteiger partial charge in [-0.05, 0) is 67.9 Å². The number of pyridine rings is 1. The lowest BCUT2D eigenvalue weighted by Gasteiger charge is -2.35. The van der Waals surface area contributed by atoms with E-state index in [1.165, 1.54) is 16.7 Å². The molecule has 6 heteroatoms. The second kappa shape index (κ2) is 8.94. The molecule has 1 saturated heterocycles. The lowest BCUT2D eigenvalue weighted by molar-refractivity contribution is 0.0402. The molecule has 0 spiro atoms. The van der Waals surface area contributed by atoms with Crippen LogP contribution in [0, 0.1) is 12.8 Å². The number of piperidine rings is 1. The summed E-state index contributed by atoms with van der Waals surface area (Å²) in [5.41, 5.74) is 6.35. The highest BCUT2D eigenvalue weighted by Gasteiger charge is 2.35. The summed E-state index contributed by atoms with van der Waals surface area (Å²) in [5, 5.41) is 11.3. The van der Waals surface area contributed by atoms with E-state index in [-0.39, 0.29) is 17.9 Å². The number of aliphatic hydroxyl groups excluding tert-OH is 1. The Bertz CT molecular complexity index is 1180. The van der Waals surface area contributed by atoms with Crippen LogP contribution in [0.3, 0.4) is 0 Å². The van der Waals surface area contributed by atoms with Gasteiger partial charge in [0, 0.05) is 30.5 Å². The van der Waals surface area contributed by atoms with Crippen LogP contribution in [-0.4, -0.2) is 49.6 Å². The Labute approximate surface area is 194 Å². The van der Waals surface area contributed by atoms with Crippen LogP contribution in [-0.2, 0) is 0 Å². The monoisotopic (exact) mass is 442 g/mol. The molecule has 2 aliphatic heterocycles. The smallest absolute Gasteiger partial charge is 0.253 e. The number of carbonyl (C=O) groups is 1. The summed E-state index contributed by atoms with van der Waals surface area (Å²) >= 11 is 0. The van der Waals surface area contributed by atoms with E-state index in [4.69, 9.17) is 0 Å². The highest BCUT2D eigenvalue weighted by atomic mass is 16.3. The van der Waals surface area contributed by atoms with Gasteiger partial charge in [-0.2, -0.15) is 0 Å². The van der Waals surface area contributed by atoms with Crippen LogP contribution in [0.2, 0.25) is 0 Å². The fourth-order valence-electron chi connectivity index (χ4n) is 5.40. The minimum atomic E-state index is -0.435. The van der Waals surface area contributed by atoms with Crippen LogP contribution in [0.5, 0.6) is 0 Å². The molecule has 0 saturated carbocycles. The predicted octanol–water partition coefficient (Wildman–Crippen LogP) is 4.38. The third-order valence-corrected chi connectivity index (χ3v) is 7.19. The highest BCUT2D eigenvalue weighted by molar-refractivity contribution is 5.94. The number of benzene rings is 1. The largest absolute Gasteiger partial charge is 0.393 e. The number of nitrogens with zero attached hydrogens (tertiary/aromatic N) is 4. The van der Waals surface area contributed by atoms with Crippen molar-refractivity contribution in [3.8, 4) is 0 Å². The first-order chi connectivity index (χ1) is 16.0. The molecule has 33 heavy (non-hydrogen) atoms. The number of hydrogen-bond donors (Lipinski definition) is 1. The molecule has 2 aliphatic rings. The van der Waals surface area contributed by atoms with Gasteiger partial charge in [-0.15, -0.1) is 0 Å². The van der Waals surface area contributed by atoms with E-state index in [1.807, 2.05) is 36.5 Å². The van der Waals surface area contributed by atoms with Crippen LogP contribution < -0.4 is 0 Å². The van der Waals surface area contributed by atoms with Gasteiger partial charge in [0.15, 0.2) is 0 Å². The lowest BCUT2D eigenvalue weighted by atomic mass is 9.85. The summed E-state index contributed by atoms with van der Waals surface area (Å²) < 4.78 is 2.20. The molecule has 1 fully saturated rings. The molecule has 0 radical (unpaired) electrons. The number of aliphatic hydroxyl groups is 1. The van der Waals surface area contributed by atoms with Crippen molar-refractivity contribution < 1.29 is 9.90 Å². The second-order valence-corrected chi connectivity index (χ2v) is 9.23. The van der Waals surface area contributed by atoms with Crippen molar-refractivity contribution >= 4 is 17.1 Å². The zero-order chi connectivity index (χ0) is 22.9. The maximum atomic E-state index is 12.9. The van der Waals surface area contributed by atoms with Gasteiger partial charge in [-0.3, -0.25) is 9.78 Å². The Kier molecular flexibility index (Phi) is 5.85. The van der Waals surface area contributed by atoms with E-state index in [1.54, 1.807) is 12.3 Å². The molecule has 0 aliphatic carbocycles. The molecule has 1 amide bonds. The molecule has 4 heterocycles. The summed E-state index contributed by atoms with van der Waals surface area (Å²) in [6, 6.07) is 14.1. The van der Waals surface area contributed by atoms with Gasteiger partial charge in [0.05, 0.1) is 30.4 Å². The normalized spacial score (nSPS) is 19.6. The molecule has 3 aromatic rings. The van der Waals surface area contributed by atoms with E-state index in [0.29, 0.717) is 25.1 Å². The average Bonchev–Trinajstić information content (AvgIpc) is 3.42. The lowest BCUT2D eigenvalue weighted by Crippen LogP contribution is -2.41. The molecule has 6 nitrogen and oxygen atoms in total. The van der Waals surface area contributed by atoms with E-state index in [0.717, 1.165) is 24.2 Å². The Morgan fingerprint density at radius 3 is 2.64 bits per heavy atom. The minimum absolute atomic E-state index is 0.0530. The van der Waals surface area contributed by atoms with Gasteiger partial charge in [-0.1, -0.05) is 30.3 Å². The number of aryl methyl sites for hydroxylation is 1. The third kappa shape index (κ3) is 4.11. The first-order valence-electron chi connectivity index (χ1n) is 11.7. The number of allylic oxidation sites excluding steroid dienone is 2. The Hall–Kier alpha value is -3.25. The van der Waals surface area contributed by atoms with Crippen molar-refractivity contribution in [3.63, 3.8) is 0 Å². The molecule has 170 valence electrons. The number of hydrogen-bond acceptors (Lipinski definition) is 4. The van der Waals surface area contributed by atoms with Gasteiger partial charge >= 0.3 is 0 Å². The molecule has 5 rings (SSSR count). The molecule has 2 aromatic heterocycles. The van der Waals surface area contributed by atoms with Crippen molar-refractivity contribution in [1.29, 1.82) is 0 Å². The molecule has 2 atom stereocenters. The number of likely N-dealkylation sites (tertiary alicyclic amines) is 1. The van der Waals surface area contributed by atoms with Crippen LogP contribution >= 0.6 is 0 Å². The van der Waals surface area contributed by atoms with E-state index < -0.39 is 6.10 Å². The number of fused-ring (bicyclic) bond motifs is 1. The Morgan fingerprint density at radius 1 is 1.15 bits per heavy atom. The van der Waals surface area contributed by atoms with Gasteiger partial charge in [0.1, 0.15) is 0 Å². The number of carbonyl (C=O) groups excluding carboxylic acids is 1. The maximum absolute atomic E-state index is 12.9. The first-order valence-corrected chi connectivity index (χ1v) is 11.7. The average molecular weight is 443 g/mol. The van der Waals surface area contributed by atoms with Gasteiger partial charge < -0.3 is 14.6 Å². The summed E-state index contributed by atoms with van der Waals surface area (Å²) in [7, 11) is 0. The van der Waals surface area contributed by atoms with Crippen LogP contribution in [0.4, 0.5) is 0 Å². The topological polar surface area (TPSA) is 71.2 Å². The number of rotatable bonds is 5. The molecular weight excluding hydrogens is 412 g/mol. The van der Waals surface area contributed by atoms with Crippen molar-refractivity contribution in [2.24, 2.45) is 5.92 Å². The van der Waals surface area contributed by atoms with Crippen LogP contribution in [0.1, 0.15) is 59.5 Å². The first kappa shape index (κ1) is 21.6. The summed E-state index contributed by atoms with van der Waals surface area (Å²) in [6.45, 7) is 5.38. The van der Waals surface area contributed by atoms with E-state index >= 15 is 0 Å². The highest BCUT2D eigenvalue weighted by Crippen LogP contribution is 2.45. The standard InChI is InChI=1S/C27H30N4O2/c1-18-14-22(8-11-29-18)27(33)30-12-9-20(10-13-30)25(32)15-23-26(21-6-4-3-5-7-21)19(2)24-16-28-17-31(23)24/h3-8,11,14,16-17,20,23,25,32H,9-10,12-13,15H2,1-2H3. The molecule has 2 unspecified atom stereocenters. The van der Waals surface area contributed by atoms with Crippen molar-refractivity contribution in [1.82, 2.24) is 19.4 Å². The Morgan fingerprint density at radius 2 is 1.91 bits per heavy atom. The van der Waals surface area contributed by atoms with Crippen LogP contribution in [0.25, 0.3) is 11.1 Å².